The normalized spacial score (nSPS) is 11.8. The topological polar surface area (TPSA) is 169 Å². The molecule has 8 rings (SSSR count). The molecule has 6 aromatic rings. The van der Waals surface area contributed by atoms with Gasteiger partial charge in [-0.2, -0.15) is 0 Å². The van der Waals surface area contributed by atoms with E-state index in [-0.39, 0.29) is 16.7 Å². The van der Waals surface area contributed by atoms with E-state index in [1.54, 1.807) is 72.8 Å². The summed E-state index contributed by atoms with van der Waals surface area (Å²) < 4.78 is 0. The highest BCUT2D eigenvalue weighted by Gasteiger charge is 2.18. The van der Waals surface area contributed by atoms with Crippen LogP contribution < -0.4 is 0 Å². The maximum Gasteiger partial charge on any atom is 0.335 e. The molecule has 0 saturated heterocycles. The number of aromatic carboxylic acids is 3. The van der Waals surface area contributed by atoms with Gasteiger partial charge in [-0.3, -0.25) is 0 Å². The van der Waals surface area contributed by atoms with Gasteiger partial charge in [0.1, 0.15) is 0 Å². The second-order valence-electron chi connectivity index (χ2n) is 12.0. The van der Waals surface area contributed by atoms with Crippen molar-refractivity contribution in [2.75, 3.05) is 0 Å². The lowest BCUT2D eigenvalue weighted by Gasteiger charge is -2.07. The zero-order valence-electron chi connectivity index (χ0n) is 26.6. The van der Waals surface area contributed by atoms with Crippen LogP contribution in [0.3, 0.4) is 0 Å². The first-order valence-corrected chi connectivity index (χ1v) is 15.9. The van der Waals surface area contributed by atoms with Crippen LogP contribution in [0.25, 0.3) is 79.8 Å². The average molecular weight is 671 g/mol. The zero-order chi connectivity index (χ0) is 35.2. The van der Waals surface area contributed by atoms with Crippen molar-refractivity contribution in [3.8, 4) is 33.4 Å². The lowest BCUT2D eigenvalue weighted by molar-refractivity contribution is 0.0686. The maximum atomic E-state index is 11.7. The Bertz CT molecular complexity index is 2590. The number of carboxylic acid groups (broad SMARTS) is 3. The molecule has 5 heterocycles. The third-order valence-electron chi connectivity index (χ3n) is 8.84. The lowest BCUT2D eigenvalue weighted by atomic mass is 10.0. The summed E-state index contributed by atoms with van der Waals surface area (Å²) in [4.78, 5) is 52.1. The molecule has 2 aliphatic rings. The number of aromatic nitrogens is 4. The molecular weight excluding hydrogens is 644 g/mol. The number of carbonyl (C=O) groups is 3. The predicted molar refractivity (Wildman–Crippen MR) is 196 cm³/mol. The Labute approximate surface area is 289 Å². The summed E-state index contributed by atoms with van der Waals surface area (Å²) >= 11 is 0. The number of rotatable bonds is 6. The molecule has 10 nitrogen and oxygen atoms in total. The molecule has 3 aromatic heterocycles. The Morgan fingerprint density at radius 1 is 0.431 bits per heavy atom. The van der Waals surface area contributed by atoms with E-state index in [0.717, 1.165) is 44.4 Å². The highest BCUT2D eigenvalue weighted by atomic mass is 16.4. The Balaban J connectivity index is 1.48. The molecule has 246 valence electrons. The summed E-state index contributed by atoms with van der Waals surface area (Å²) in [5, 5.41) is 28.6. The number of hydrogen-bond donors (Lipinski definition) is 5. The van der Waals surface area contributed by atoms with Gasteiger partial charge in [0.05, 0.1) is 39.5 Å². The largest absolute Gasteiger partial charge is 0.478 e. The van der Waals surface area contributed by atoms with Crippen molar-refractivity contribution in [2.45, 2.75) is 0 Å². The van der Waals surface area contributed by atoms with Crippen LogP contribution in [0.4, 0.5) is 0 Å². The van der Waals surface area contributed by atoms with Gasteiger partial charge in [0, 0.05) is 38.8 Å². The van der Waals surface area contributed by atoms with E-state index in [0.29, 0.717) is 33.9 Å². The molecular formula is C41H26N4O6. The van der Waals surface area contributed by atoms with Crippen LogP contribution in [0.5, 0.6) is 0 Å². The molecule has 5 N–H and O–H groups in total. The van der Waals surface area contributed by atoms with E-state index in [9.17, 15) is 29.7 Å². The van der Waals surface area contributed by atoms with E-state index >= 15 is 0 Å². The first-order valence-electron chi connectivity index (χ1n) is 15.9. The molecule has 0 atom stereocenters. The van der Waals surface area contributed by atoms with Gasteiger partial charge in [-0.25, -0.2) is 24.4 Å². The smallest absolute Gasteiger partial charge is 0.335 e. The number of aromatic amines is 2. The van der Waals surface area contributed by atoms with E-state index in [4.69, 9.17) is 9.97 Å². The number of fused-ring (bicyclic) bond motifs is 8. The van der Waals surface area contributed by atoms with Gasteiger partial charge in [-0.1, -0.05) is 36.4 Å². The van der Waals surface area contributed by atoms with E-state index in [2.05, 4.69) is 9.97 Å². The van der Waals surface area contributed by atoms with Gasteiger partial charge in [-0.15, -0.1) is 0 Å². The fraction of sp³-hybridized carbons (Fsp3) is 0. The van der Waals surface area contributed by atoms with Crippen LogP contribution in [0.2, 0.25) is 0 Å². The van der Waals surface area contributed by atoms with Crippen LogP contribution in [0.15, 0.2) is 103 Å². The second kappa shape index (κ2) is 12.3. The lowest BCUT2D eigenvalue weighted by Crippen LogP contribution is -1.96. The molecule has 8 bridgehead atoms. The number of hydrogen-bond acceptors (Lipinski definition) is 5. The minimum Gasteiger partial charge on any atom is -0.478 e. The zero-order valence-corrected chi connectivity index (χ0v) is 26.6. The van der Waals surface area contributed by atoms with Gasteiger partial charge in [0.15, 0.2) is 0 Å². The van der Waals surface area contributed by atoms with Crippen LogP contribution >= 0.6 is 0 Å². The standard InChI is InChI=1S/C41H26N4O6/c46-39(47)25-7-1-22(2-8-25)36-30-15-13-28(42-30)21-29-14-16-31(43-29)37(23-3-9-26(10-4-23)40(48)49)33-18-20-35(45-33)38(34-19-17-32(36)44-34)24-5-11-27(12-6-24)41(50)51/h1-21,42,45H,(H,46,47)(H,48,49)(H,50,51). The van der Waals surface area contributed by atoms with Crippen molar-refractivity contribution >= 4 is 64.3 Å². The highest BCUT2D eigenvalue weighted by molar-refractivity contribution is 5.99. The molecule has 0 amide bonds. The van der Waals surface area contributed by atoms with Crippen molar-refractivity contribution < 1.29 is 29.7 Å². The third-order valence-corrected chi connectivity index (χ3v) is 8.84. The average Bonchev–Trinajstić information content (AvgIpc) is 3.96. The minimum atomic E-state index is -1.04. The molecule has 0 spiro atoms. The maximum absolute atomic E-state index is 11.7. The number of carboxylic acids is 3. The Kier molecular flexibility index (Phi) is 7.46. The molecule has 3 aromatic carbocycles. The minimum absolute atomic E-state index is 0.147. The van der Waals surface area contributed by atoms with Crippen molar-refractivity contribution in [3.63, 3.8) is 0 Å². The molecule has 2 aliphatic heterocycles. The van der Waals surface area contributed by atoms with Gasteiger partial charge >= 0.3 is 17.9 Å². The SMILES string of the molecule is O=C(O)c1ccc(-c2c3nc(c(-c4ccc(C(=O)O)cc4)c4ccc([nH]4)c(-c4ccc(C(=O)O)cc4)c4nc(cc5ccc2[nH]5)C=C4)C=C3)cc1. The van der Waals surface area contributed by atoms with E-state index in [1.807, 2.05) is 54.6 Å². The first-order chi connectivity index (χ1) is 24.7. The van der Waals surface area contributed by atoms with Crippen LogP contribution in [0.1, 0.15) is 53.8 Å². The molecule has 0 unspecified atom stereocenters. The molecule has 0 aliphatic carbocycles. The number of benzene rings is 3. The molecule has 0 saturated carbocycles. The van der Waals surface area contributed by atoms with E-state index in [1.165, 1.54) is 0 Å². The summed E-state index contributed by atoms with van der Waals surface area (Å²) in [6.07, 6.45) is 7.62. The number of nitrogens with one attached hydrogen (secondary N) is 2. The van der Waals surface area contributed by atoms with Crippen LogP contribution in [-0.4, -0.2) is 53.2 Å². The van der Waals surface area contributed by atoms with Gasteiger partial charge < -0.3 is 25.3 Å². The molecule has 0 radical (unpaired) electrons. The van der Waals surface area contributed by atoms with Crippen molar-refractivity contribution in [3.05, 3.63) is 143 Å². The summed E-state index contributed by atoms with van der Waals surface area (Å²) in [5.74, 6) is -3.08. The number of nitrogens with zero attached hydrogens (tertiary/aromatic N) is 2. The summed E-state index contributed by atoms with van der Waals surface area (Å²) in [5.41, 5.74) is 10.6. The third kappa shape index (κ3) is 5.76. The van der Waals surface area contributed by atoms with Gasteiger partial charge in [0.2, 0.25) is 0 Å². The van der Waals surface area contributed by atoms with Crippen molar-refractivity contribution in [2.24, 2.45) is 0 Å². The second-order valence-corrected chi connectivity index (χ2v) is 12.0. The first kappa shape index (κ1) is 31.0. The molecule has 0 fully saturated rings. The van der Waals surface area contributed by atoms with Crippen LogP contribution in [0, 0.1) is 0 Å². The monoisotopic (exact) mass is 670 g/mol. The van der Waals surface area contributed by atoms with Gasteiger partial charge in [-0.05, 0) is 108 Å². The predicted octanol–water partition coefficient (Wildman–Crippen LogP) is 8.75. The van der Waals surface area contributed by atoms with Gasteiger partial charge in [0.25, 0.3) is 0 Å². The van der Waals surface area contributed by atoms with Crippen molar-refractivity contribution in [1.29, 1.82) is 0 Å². The summed E-state index contributed by atoms with van der Waals surface area (Å²) in [6.45, 7) is 0. The van der Waals surface area contributed by atoms with Crippen LogP contribution in [-0.2, 0) is 0 Å². The Morgan fingerprint density at radius 3 is 1.24 bits per heavy atom. The molecule has 51 heavy (non-hydrogen) atoms. The highest BCUT2D eigenvalue weighted by Crippen LogP contribution is 2.36. The molecule has 10 heteroatoms. The van der Waals surface area contributed by atoms with Crippen molar-refractivity contribution in [1.82, 2.24) is 19.9 Å². The fourth-order valence-electron chi connectivity index (χ4n) is 6.39. The quantitative estimate of drug-likeness (QED) is 0.117. The summed E-state index contributed by atoms with van der Waals surface area (Å²) in [6, 6.07) is 29.5. The Morgan fingerprint density at radius 2 is 0.804 bits per heavy atom. The Hall–Kier alpha value is -7.33. The number of H-pyrrole nitrogens is 2. The van der Waals surface area contributed by atoms with E-state index < -0.39 is 17.9 Å². The fourth-order valence-corrected chi connectivity index (χ4v) is 6.39. The summed E-state index contributed by atoms with van der Waals surface area (Å²) in [7, 11) is 0.